The molecule has 0 aliphatic carbocycles. The summed E-state index contributed by atoms with van der Waals surface area (Å²) in [6, 6.07) is 10.6. The summed E-state index contributed by atoms with van der Waals surface area (Å²) in [6.45, 7) is -1.06. The number of pyridine rings is 1. The lowest BCUT2D eigenvalue weighted by molar-refractivity contribution is -0.131. The Morgan fingerprint density at radius 3 is 2.33 bits per heavy atom. The highest BCUT2D eigenvalue weighted by molar-refractivity contribution is 7.09. The largest absolute Gasteiger partial charge is 0.388 e. The van der Waals surface area contributed by atoms with Crippen molar-refractivity contribution in [1.82, 2.24) is 9.97 Å². The molecule has 0 radical (unpaired) electrons. The van der Waals surface area contributed by atoms with Gasteiger partial charge in [-0.05, 0) is 30.0 Å². The Kier molecular flexibility index (Phi) is 7.70. The van der Waals surface area contributed by atoms with Crippen molar-refractivity contribution in [2.75, 3.05) is 6.67 Å². The van der Waals surface area contributed by atoms with Crippen LogP contribution in [0.1, 0.15) is 28.7 Å². The van der Waals surface area contributed by atoms with Crippen LogP contribution in [0.4, 0.5) is 13.2 Å². The SMILES string of the molecule is O=C(C[C@H](CF)[C@H](O)c1ccc(-c2ccc(CCc3cncs3)nc2)cc1)C(F)F. The fourth-order valence-corrected chi connectivity index (χ4v) is 3.70. The summed E-state index contributed by atoms with van der Waals surface area (Å²) in [5.74, 6) is -2.56. The van der Waals surface area contributed by atoms with Crippen LogP contribution in [0.15, 0.2) is 54.3 Å². The summed E-state index contributed by atoms with van der Waals surface area (Å²) in [7, 11) is 0. The number of Topliss-reactive ketones (excluding diaryl/α,β-unsaturated/α-hetero) is 1. The lowest BCUT2D eigenvalue weighted by Gasteiger charge is -2.20. The van der Waals surface area contributed by atoms with E-state index in [1.54, 1.807) is 47.3 Å². The van der Waals surface area contributed by atoms with Crippen LogP contribution >= 0.6 is 11.3 Å². The molecule has 0 unspecified atom stereocenters. The maximum absolute atomic E-state index is 13.2. The van der Waals surface area contributed by atoms with Crippen molar-refractivity contribution in [3.8, 4) is 11.1 Å². The molecule has 0 aliphatic heterocycles. The van der Waals surface area contributed by atoms with Gasteiger partial charge in [-0.2, -0.15) is 0 Å². The maximum atomic E-state index is 13.2. The Morgan fingerprint density at radius 2 is 1.77 bits per heavy atom. The van der Waals surface area contributed by atoms with Gasteiger partial charge in [-0.25, -0.2) is 8.78 Å². The first kappa shape index (κ1) is 22.1. The minimum Gasteiger partial charge on any atom is -0.388 e. The van der Waals surface area contributed by atoms with Gasteiger partial charge in [0, 0.05) is 40.9 Å². The average molecular weight is 434 g/mol. The number of ketones is 1. The van der Waals surface area contributed by atoms with E-state index >= 15 is 0 Å². The Labute approximate surface area is 176 Å². The summed E-state index contributed by atoms with van der Waals surface area (Å²) >= 11 is 1.62. The molecule has 4 nitrogen and oxygen atoms in total. The predicted molar refractivity (Wildman–Crippen MR) is 109 cm³/mol. The van der Waals surface area contributed by atoms with Gasteiger partial charge in [-0.3, -0.25) is 19.2 Å². The van der Waals surface area contributed by atoms with Crippen molar-refractivity contribution in [2.45, 2.75) is 31.8 Å². The number of aliphatic hydroxyl groups excluding tert-OH is 1. The fraction of sp³-hybridized carbons (Fsp3) is 0.318. The molecular formula is C22H21F3N2O2S. The summed E-state index contributed by atoms with van der Waals surface area (Å²) in [6.07, 6.45) is 0.114. The highest BCUT2D eigenvalue weighted by Crippen LogP contribution is 2.28. The van der Waals surface area contributed by atoms with E-state index in [0.717, 1.165) is 29.7 Å². The normalized spacial score (nSPS) is 13.4. The quantitative estimate of drug-likeness (QED) is 0.496. The Hall–Kier alpha value is -2.58. The first-order chi connectivity index (χ1) is 14.5. The van der Waals surface area contributed by atoms with Crippen molar-refractivity contribution >= 4 is 17.1 Å². The first-order valence-corrected chi connectivity index (χ1v) is 10.3. The Morgan fingerprint density at radius 1 is 1.03 bits per heavy atom. The van der Waals surface area contributed by atoms with Gasteiger partial charge in [0.15, 0.2) is 5.78 Å². The van der Waals surface area contributed by atoms with Gasteiger partial charge >= 0.3 is 0 Å². The van der Waals surface area contributed by atoms with E-state index in [0.29, 0.717) is 5.56 Å². The zero-order valence-electron chi connectivity index (χ0n) is 16.0. The van der Waals surface area contributed by atoms with Gasteiger partial charge in [0.1, 0.15) is 0 Å². The van der Waals surface area contributed by atoms with E-state index in [-0.39, 0.29) is 0 Å². The summed E-state index contributed by atoms with van der Waals surface area (Å²) < 4.78 is 38.0. The topological polar surface area (TPSA) is 63.1 Å². The molecule has 3 aromatic rings. The number of carbonyl (C=O) groups excluding carboxylic acids is 1. The van der Waals surface area contributed by atoms with E-state index in [2.05, 4.69) is 9.97 Å². The molecule has 2 aromatic heterocycles. The second kappa shape index (κ2) is 10.4. The third-order valence-corrected chi connectivity index (χ3v) is 5.71. The van der Waals surface area contributed by atoms with Gasteiger partial charge < -0.3 is 5.11 Å². The number of halogens is 3. The number of aryl methyl sites for hydroxylation is 2. The van der Waals surface area contributed by atoms with Gasteiger partial charge in [0.2, 0.25) is 0 Å². The van der Waals surface area contributed by atoms with E-state index < -0.39 is 37.3 Å². The van der Waals surface area contributed by atoms with Gasteiger partial charge in [-0.15, -0.1) is 11.3 Å². The van der Waals surface area contributed by atoms with Crippen molar-refractivity contribution in [2.24, 2.45) is 5.92 Å². The molecule has 0 bridgehead atoms. The van der Waals surface area contributed by atoms with Crippen LogP contribution < -0.4 is 0 Å². The first-order valence-electron chi connectivity index (χ1n) is 9.45. The van der Waals surface area contributed by atoms with Crippen LogP contribution in [0.5, 0.6) is 0 Å². The number of hydrogen-bond donors (Lipinski definition) is 1. The number of aliphatic hydroxyl groups is 1. The minimum atomic E-state index is -3.16. The minimum absolute atomic E-state index is 0.373. The predicted octanol–water partition coefficient (Wildman–Crippen LogP) is 4.83. The molecule has 0 saturated heterocycles. The van der Waals surface area contributed by atoms with Crippen molar-refractivity contribution < 1.29 is 23.1 Å². The summed E-state index contributed by atoms with van der Waals surface area (Å²) in [5.41, 5.74) is 4.88. The molecule has 0 fully saturated rings. The van der Waals surface area contributed by atoms with Crippen LogP contribution in [0.2, 0.25) is 0 Å². The van der Waals surface area contributed by atoms with E-state index in [4.69, 9.17) is 0 Å². The molecule has 0 saturated carbocycles. The molecule has 1 N–H and O–H groups in total. The van der Waals surface area contributed by atoms with Crippen molar-refractivity contribution in [1.29, 1.82) is 0 Å². The third-order valence-electron chi connectivity index (χ3n) is 4.87. The molecule has 8 heteroatoms. The van der Waals surface area contributed by atoms with Crippen LogP contribution in [-0.4, -0.2) is 34.0 Å². The maximum Gasteiger partial charge on any atom is 0.295 e. The molecule has 2 atom stereocenters. The number of thiazole rings is 1. The Bertz CT molecular complexity index is 932. The van der Waals surface area contributed by atoms with Crippen LogP contribution in [0.25, 0.3) is 11.1 Å². The van der Waals surface area contributed by atoms with Crippen LogP contribution in [0, 0.1) is 5.92 Å². The van der Waals surface area contributed by atoms with Gasteiger partial charge in [0.05, 0.1) is 18.3 Å². The molecule has 1 aromatic carbocycles. The van der Waals surface area contributed by atoms with Gasteiger partial charge in [-0.1, -0.05) is 30.3 Å². The number of alkyl halides is 3. The summed E-state index contributed by atoms with van der Waals surface area (Å²) in [5, 5.41) is 10.3. The monoisotopic (exact) mass is 434 g/mol. The van der Waals surface area contributed by atoms with E-state index in [1.807, 2.05) is 18.3 Å². The second-order valence-electron chi connectivity index (χ2n) is 6.96. The molecule has 3 rings (SSSR count). The molecule has 0 amide bonds. The highest BCUT2D eigenvalue weighted by Gasteiger charge is 2.27. The molecule has 2 heterocycles. The fourth-order valence-electron chi connectivity index (χ4n) is 3.10. The lowest BCUT2D eigenvalue weighted by atomic mass is 9.91. The third kappa shape index (κ3) is 5.73. The van der Waals surface area contributed by atoms with Crippen molar-refractivity contribution in [3.63, 3.8) is 0 Å². The molecular weight excluding hydrogens is 413 g/mol. The summed E-state index contributed by atoms with van der Waals surface area (Å²) in [4.78, 5) is 20.9. The standard InChI is InChI=1S/C22H21F3N2O2S/c23-10-17(9-20(28)22(24)25)21(29)15-3-1-14(2-4-15)16-5-6-18(27-11-16)7-8-19-12-26-13-30-19/h1-6,11-13,17,21-22,29H,7-10H2/t17-,21-/m1/s1. The number of rotatable bonds is 10. The number of benzene rings is 1. The number of hydrogen-bond acceptors (Lipinski definition) is 5. The molecule has 0 spiro atoms. The molecule has 0 aliphatic rings. The molecule has 30 heavy (non-hydrogen) atoms. The van der Waals surface area contributed by atoms with Crippen molar-refractivity contribution in [3.05, 3.63) is 70.4 Å². The number of carbonyl (C=O) groups is 1. The van der Waals surface area contributed by atoms with Crippen LogP contribution in [-0.2, 0) is 17.6 Å². The van der Waals surface area contributed by atoms with Crippen LogP contribution in [0.3, 0.4) is 0 Å². The van der Waals surface area contributed by atoms with E-state index in [9.17, 15) is 23.1 Å². The zero-order valence-corrected chi connectivity index (χ0v) is 16.9. The smallest absolute Gasteiger partial charge is 0.295 e. The number of nitrogens with zero attached hydrogens (tertiary/aromatic N) is 2. The Balaban J connectivity index is 1.63. The molecule has 158 valence electrons. The highest BCUT2D eigenvalue weighted by atomic mass is 32.1. The van der Waals surface area contributed by atoms with Gasteiger partial charge in [0.25, 0.3) is 6.43 Å². The second-order valence-corrected chi connectivity index (χ2v) is 7.93. The zero-order chi connectivity index (χ0) is 21.5. The lowest BCUT2D eigenvalue weighted by Crippen LogP contribution is -2.22. The van der Waals surface area contributed by atoms with E-state index in [1.165, 1.54) is 4.88 Å². The average Bonchev–Trinajstić information content (AvgIpc) is 3.29. The number of aromatic nitrogens is 2.